The van der Waals surface area contributed by atoms with Crippen LogP contribution in [-0.2, 0) is 4.79 Å². The highest BCUT2D eigenvalue weighted by atomic mass is 32.2. The number of thioether (sulfide) groups is 1. The van der Waals surface area contributed by atoms with Crippen molar-refractivity contribution in [1.82, 2.24) is 9.88 Å². The summed E-state index contributed by atoms with van der Waals surface area (Å²) >= 11 is 1.45. The highest BCUT2D eigenvalue weighted by molar-refractivity contribution is 7.99. The third kappa shape index (κ3) is 2.94. The Hall–Kier alpha value is -2.35. The fraction of sp³-hybridized carbons (Fsp3) is 0.267. The molecule has 1 saturated heterocycles. The van der Waals surface area contributed by atoms with Gasteiger partial charge in [0, 0.05) is 18.2 Å². The first-order valence-electron chi connectivity index (χ1n) is 6.89. The van der Waals surface area contributed by atoms with Crippen molar-refractivity contribution in [2.45, 2.75) is 13.0 Å². The van der Waals surface area contributed by atoms with Gasteiger partial charge in [0.2, 0.25) is 5.91 Å². The molecule has 2 N–H and O–H groups in total. The van der Waals surface area contributed by atoms with Crippen molar-refractivity contribution < 1.29 is 18.4 Å². The van der Waals surface area contributed by atoms with Crippen molar-refractivity contribution >= 4 is 23.6 Å². The van der Waals surface area contributed by atoms with Gasteiger partial charge in [-0.3, -0.25) is 9.59 Å². The fourth-order valence-corrected chi connectivity index (χ4v) is 3.55. The largest absolute Gasteiger partial charge is 0.440 e. The molecule has 6 nitrogen and oxygen atoms in total. The highest BCUT2D eigenvalue weighted by Crippen LogP contribution is 2.29. The van der Waals surface area contributed by atoms with E-state index >= 15 is 0 Å². The number of benzene rings is 1. The first-order valence-corrected chi connectivity index (χ1v) is 8.04. The number of carbonyl (C=O) groups excluding carboxylic acids is 2. The van der Waals surface area contributed by atoms with Crippen LogP contribution < -0.4 is 5.73 Å². The number of hydrogen-bond acceptors (Lipinski definition) is 5. The normalized spacial score (nSPS) is 17.5. The SMILES string of the molecule is Cc1nc(C(=O)N2CSC[C@H]2C(N)=O)c(-c2ccc(F)cc2)o1. The molecule has 0 bridgehead atoms. The number of halogens is 1. The number of nitrogens with two attached hydrogens (primary N) is 1. The minimum Gasteiger partial charge on any atom is -0.440 e. The van der Waals surface area contributed by atoms with E-state index in [9.17, 15) is 14.0 Å². The number of rotatable bonds is 3. The zero-order valence-electron chi connectivity index (χ0n) is 12.3. The summed E-state index contributed by atoms with van der Waals surface area (Å²) in [5, 5.41) is 0. The zero-order valence-corrected chi connectivity index (χ0v) is 13.1. The topological polar surface area (TPSA) is 89.4 Å². The lowest BCUT2D eigenvalue weighted by atomic mass is 10.1. The second-order valence-electron chi connectivity index (χ2n) is 5.11. The van der Waals surface area contributed by atoms with Gasteiger partial charge in [0.25, 0.3) is 5.91 Å². The second kappa shape index (κ2) is 6.04. The van der Waals surface area contributed by atoms with Crippen LogP contribution in [-0.4, -0.2) is 39.4 Å². The Morgan fingerprint density at radius 3 is 2.74 bits per heavy atom. The minimum absolute atomic E-state index is 0.0999. The van der Waals surface area contributed by atoms with Crippen LogP contribution in [0.1, 0.15) is 16.4 Å². The van der Waals surface area contributed by atoms with Gasteiger partial charge in [-0.15, -0.1) is 11.8 Å². The lowest BCUT2D eigenvalue weighted by Gasteiger charge is -2.20. The van der Waals surface area contributed by atoms with Gasteiger partial charge < -0.3 is 15.1 Å². The summed E-state index contributed by atoms with van der Waals surface area (Å²) in [5.74, 6) is 0.0394. The lowest BCUT2D eigenvalue weighted by Crippen LogP contribution is -2.45. The summed E-state index contributed by atoms with van der Waals surface area (Å²) in [4.78, 5) is 29.7. The molecule has 1 atom stereocenters. The summed E-state index contributed by atoms with van der Waals surface area (Å²) < 4.78 is 18.6. The Morgan fingerprint density at radius 1 is 1.39 bits per heavy atom. The van der Waals surface area contributed by atoms with Gasteiger partial charge in [-0.25, -0.2) is 9.37 Å². The molecule has 1 aromatic heterocycles. The number of aromatic nitrogens is 1. The molecule has 1 aliphatic rings. The summed E-state index contributed by atoms with van der Waals surface area (Å²) in [6, 6.07) is 4.91. The summed E-state index contributed by atoms with van der Waals surface area (Å²) in [6.07, 6.45) is 0. The number of aryl methyl sites for hydroxylation is 1. The Morgan fingerprint density at radius 2 is 2.09 bits per heavy atom. The molecule has 120 valence electrons. The molecular formula is C15H14FN3O3S. The maximum absolute atomic E-state index is 13.1. The molecule has 1 aromatic carbocycles. The van der Waals surface area contributed by atoms with Crippen molar-refractivity contribution in [3.05, 3.63) is 41.7 Å². The predicted octanol–water partition coefficient (Wildman–Crippen LogP) is 1.79. The fourth-order valence-electron chi connectivity index (χ4n) is 2.38. The maximum atomic E-state index is 13.1. The van der Waals surface area contributed by atoms with Gasteiger partial charge in [-0.1, -0.05) is 0 Å². The van der Waals surface area contributed by atoms with Crippen LogP contribution in [0.5, 0.6) is 0 Å². The van der Waals surface area contributed by atoms with Crippen LogP contribution in [0.15, 0.2) is 28.7 Å². The van der Waals surface area contributed by atoms with E-state index in [0.717, 1.165) is 0 Å². The Bertz CT molecular complexity index is 760. The van der Waals surface area contributed by atoms with E-state index in [-0.39, 0.29) is 17.3 Å². The van der Waals surface area contributed by atoms with Crippen molar-refractivity contribution in [3.63, 3.8) is 0 Å². The summed E-state index contributed by atoms with van der Waals surface area (Å²) in [7, 11) is 0. The quantitative estimate of drug-likeness (QED) is 0.923. The molecule has 0 saturated carbocycles. The smallest absolute Gasteiger partial charge is 0.277 e. The molecule has 0 radical (unpaired) electrons. The van der Waals surface area contributed by atoms with Crippen molar-refractivity contribution in [2.24, 2.45) is 5.73 Å². The molecule has 2 heterocycles. The number of primary amides is 1. The highest BCUT2D eigenvalue weighted by Gasteiger charge is 2.36. The Labute approximate surface area is 135 Å². The molecule has 1 fully saturated rings. The lowest BCUT2D eigenvalue weighted by molar-refractivity contribution is -0.121. The van der Waals surface area contributed by atoms with Gasteiger partial charge >= 0.3 is 0 Å². The number of hydrogen-bond donors (Lipinski definition) is 1. The molecule has 2 aromatic rings. The van der Waals surface area contributed by atoms with Gasteiger partial charge in [0.15, 0.2) is 17.3 Å². The van der Waals surface area contributed by atoms with E-state index in [1.165, 1.54) is 40.9 Å². The molecule has 1 aliphatic heterocycles. The first-order chi connectivity index (χ1) is 11.0. The van der Waals surface area contributed by atoms with Crippen molar-refractivity contribution in [2.75, 3.05) is 11.6 Å². The standard InChI is InChI=1S/C15H14FN3O3S/c1-8-18-12(13(22-8)9-2-4-10(16)5-3-9)15(21)19-7-23-6-11(19)14(17)20/h2-5,11H,6-7H2,1H3,(H2,17,20)/t11-/m0/s1. The van der Waals surface area contributed by atoms with E-state index in [4.69, 9.17) is 10.2 Å². The average Bonchev–Trinajstić information content (AvgIpc) is 3.14. The van der Waals surface area contributed by atoms with Gasteiger partial charge in [-0.05, 0) is 24.3 Å². The molecule has 0 spiro atoms. The van der Waals surface area contributed by atoms with Crippen LogP contribution in [0.4, 0.5) is 4.39 Å². The molecule has 3 rings (SSSR count). The molecule has 0 unspecified atom stereocenters. The van der Waals surface area contributed by atoms with Gasteiger partial charge in [0.1, 0.15) is 11.9 Å². The minimum atomic E-state index is -0.662. The first kappa shape index (κ1) is 15.5. The van der Waals surface area contributed by atoms with Gasteiger partial charge in [0.05, 0.1) is 5.88 Å². The molecule has 23 heavy (non-hydrogen) atoms. The number of carbonyl (C=O) groups is 2. The monoisotopic (exact) mass is 335 g/mol. The predicted molar refractivity (Wildman–Crippen MR) is 83.1 cm³/mol. The van der Waals surface area contributed by atoms with Gasteiger partial charge in [-0.2, -0.15) is 0 Å². The van der Waals surface area contributed by atoms with E-state index in [0.29, 0.717) is 23.1 Å². The number of nitrogens with zero attached hydrogens (tertiary/aromatic N) is 2. The zero-order chi connectivity index (χ0) is 16.6. The maximum Gasteiger partial charge on any atom is 0.277 e. The van der Waals surface area contributed by atoms with Crippen LogP contribution >= 0.6 is 11.8 Å². The second-order valence-corrected chi connectivity index (χ2v) is 6.11. The summed E-state index contributed by atoms with van der Waals surface area (Å²) in [6.45, 7) is 1.62. The Balaban J connectivity index is 1.98. The third-order valence-corrected chi connectivity index (χ3v) is 4.53. The van der Waals surface area contributed by atoms with E-state index in [2.05, 4.69) is 4.98 Å². The van der Waals surface area contributed by atoms with Crippen molar-refractivity contribution in [3.8, 4) is 11.3 Å². The van der Waals surface area contributed by atoms with Crippen LogP contribution in [0.2, 0.25) is 0 Å². The average molecular weight is 335 g/mol. The molecule has 8 heteroatoms. The van der Waals surface area contributed by atoms with E-state index in [1.807, 2.05) is 0 Å². The van der Waals surface area contributed by atoms with E-state index in [1.54, 1.807) is 6.92 Å². The van der Waals surface area contributed by atoms with Crippen LogP contribution in [0.25, 0.3) is 11.3 Å². The van der Waals surface area contributed by atoms with Crippen molar-refractivity contribution in [1.29, 1.82) is 0 Å². The number of amides is 2. The molecular weight excluding hydrogens is 321 g/mol. The van der Waals surface area contributed by atoms with Crippen LogP contribution in [0, 0.1) is 12.7 Å². The Kier molecular flexibility index (Phi) is 4.08. The van der Waals surface area contributed by atoms with Crippen LogP contribution in [0.3, 0.4) is 0 Å². The number of oxazole rings is 1. The summed E-state index contributed by atoms with van der Waals surface area (Å²) in [5.41, 5.74) is 5.98. The van der Waals surface area contributed by atoms with E-state index < -0.39 is 17.9 Å². The molecule has 0 aliphatic carbocycles. The third-order valence-electron chi connectivity index (χ3n) is 3.51. The molecule has 2 amide bonds.